The highest BCUT2D eigenvalue weighted by Crippen LogP contribution is 2.44. The van der Waals surface area contributed by atoms with Crippen LogP contribution < -0.4 is 0 Å². The molecule has 0 nitrogen and oxygen atoms in total. The number of hydrogen-bond acceptors (Lipinski definition) is 0. The molecular weight excluding hydrogens is 324 g/mol. The zero-order valence-electron chi connectivity index (χ0n) is 16.0. The first-order valence-corrected chi connectivity index (χ1v) is 9.64. The molecule has 4 aromatic rings. The van der Waals surface area contributed by atoms with Gasteiger partial charge in [-0.1, -0.05) is 135 Å². The van der Waals surface area contributed by atoms with Crippen molar-refractivity contribution in [2.75, 3.05) is 0 Å². The van der Waals surface area contributed by atoms with Crippen LogP contribution in [0.2, 0.25) is 0 Å². The third-order valence-electron chi connectivity index (χ3n) is 4.83. The van der Waals surface area contributed by atoms with E-state index in [1.807, 2.05) is 13.8 Å². The third kappa shape index (κ3) is 3.57. The second-order valence-electron chi connectivity index (χ2n) is 6.21. The summed E-state index contributed by atoms with van der Waals surface area (Å²) in [6, 6.07) is 43.1. The molecule has 27 heavy (non-hydrogen) atoms. The van der Waals surface area contributed by atoms with Gasteiger partial charge in [-0.25, -0.2) is 0 Å². The predicted molar refractivity (Wildman–Crippen MR) is 116 cm³/mol. The molecule has 0 aliphatic carbocycles. The molecule has 134 valence electrons. The van der Waals surface area contributed by atoms with Gasteiger partial charge in [0, 0.05) is 0 Å². The average Bonchev–Trinajstić information content (AvgIpc) is 2.79. The Hall–Kier alpha value is -3.12. The Morgan fingerprint density at radius 1 is 0.333 bits per heavy atom. The Bertz CT molecular complexity index is 747. The minimum absolute atomic E-state index is 0.328. The normalized spacial score (nSPS) is 10.6. The van der Waals surface area contributed by atoms with Crippen LogP contribution in [0.15, 0.2) is 121 Å². The third-order valence-corrected chi connectivity index (χ3v) is 4.83. The van der Waals surface area contributed by atoms with Gasteiger partial charge in [-0.05, 0) is 22.3 Å². The molecule has 4 aromatic carbocycles. The van der Waals surface area contributed by atoms with E-state index in [9.17, 15) is 0 Å². The molecule has 0 saturated heterocycles. The molecule has 0 N–H and O–H groups in total. The van der Waals surface area contributed by atoms with E-state index >= 15 is 0 Å². The van der Waals surface area contributed by atoms with Crippen LogP contribution in [0.4, 0.5) is 0 Å². The fourth-order valence-corrected chi connectivity index (χ4v) is 3.75. The lowest BCUT2D eigenvalue weighted by atomic mass is 9.65. The van der Waals surface area contributed by atoms with Crippen LogP contribution in [0.3, 0.4) is 0 Å². The second-order valence-corrected chi connectivity index (χ2v) is 6.21. The maximum atomic E-state index is 2.23. The molecule has 0 heterocycles. The van der Waals surface area contributed by atoms with Crippen molar-refractivity contribution >= 4 is 0 Å². The molecule has 0 saturated carbocycles. The Morgan fingerprint density at radius 3 is 0.704 bits per heavy atom. The SMILES string of the molecule is CC.c1ccc(C(c2ccccc2)(c2ccccc2)c2ccccc2)cc1. The van der Waals surface area contributed by atoms with Crippen molar-refractivity contribution in [2.24, 2.45) is 0 Å². The van der Waals surface area contributed by atoms with Gasteiger partial charge in [-0.15, -0.1) is 0 Å². The molecule has 0 spiro atoms. The van der Waals surface area contributed by atoms with Gasteiger partial charge in [0.1, 0.15) is 0 Å². The van der Waals surface area contributed by atoms with E-state index < -0.39 is 0 Å². The van der Waals surface area contributed by atoms with Crippen LogP contribution in [0.1, 0.15) is 36.1 Å². The van der Waals surface area contributed by atoms with Crippen LogP contribution in [-0.2, 0) is 5.41 Å². The fourth-order valence-electron chi connectivity index (χ4n) is 3.75. The van der Waals surface area contributed by atoms with Crippen LogP contribution >= 0.6 is 0 Å². The smallest absolute Gasteiger partial charge is 0.0683 e. The Morgan fingerprint density at radius 2 is 0.519 bits per heavy atom. The molecule has 4 rings (SSSR count). The lowest BCUT2D eigenvalue weighted by molar-refractivity contribution is 0.745. The summed E-state index contributed by atoms with van der Waals surface area (Å²) in [5, 5.41) is 0. The van der Waals surface area contributed by atoms with Crippen LogP contribution in [-0.4, -0.2) is 0 Å². The molecule has 0 amide bonds. The molecular formula is C27H26. The zero-order chi connectivity index (χ0) is 19.0. The van der Waals surface area contributed by atoms with Gasteiger partial charge in [-0.3, -0.25) is 0 Å². The van der Waals surface area contributed by atoms with Gasteiger partial charge in [0.15, 0.2) is 0 Å². The van der Waals surface area contributed by atoms with Crippen LogP contribution in [0.5, 0.6) is 0 Å². The monoisotopic (exact) mass is 350 g/mol. The Kier molecular flexibility index (Phi) is 6.22. The second kappa shape index (κ2) is 9.00. The molecule has 0 aliphatic rings. The van der Waals surface area contributed by atoms with E-state index in [4.69, 9.17) is 0 Å². The topological polar surface area (TPSA) is 0 Å². The van der Waals surface area contributed by atoms with Gasteiger partial charge in [-0.2, -0.15) is 0 Å². The lowest BCUT2D eigenvalue weighted by Crippen LogP contribution is -2.30. The summed E-state index contributed by atoms with van der Waals surface area (Å²) in [5.74, 6) is 0. The van der Waals surface area contributed by atoms with Crippen molar-refractivity contribution in [3.63, 3.8) is 0 Å². The predicted octanol–water partition coefficient (Wildman–Crippen LogP) is 7.10. The Labute approximate surface area is 163 Å². The first-order chi connectivity index (χ1) is 13.4. The standard InChI is InChI=1S/C25H20.C2H6/c1-5-13-21(14-6-1)25(22-15-7-2-8-16-22,23-17-9-3-10-18-23)24-19-11-4-12-20-24;1-2/h1-20H;1-2H3. The van der Waals surface area contributed by atoms with Crippen molar-refractivity contribution in [1.29, 1.82) is 0 Å². The minimum Gasteiger partial charge on any atom is -0.0683 e. The van der Waals surface area contributed by atoms with E-state index in [-0.39, 0.29) is 5.41 Å². The van der Waals surface area contributed by atoms with Crippen molar-refractivity contribution in [2.45, 2.75) is 19.3 Å². The highest BCUT2D eigenvalue weighted by atomic mass is 14.4. The highest BCUT2D eigenvalue weighted by molar-refractivity contribution is 5.59. The largest absolute Gasteiger partial charge is 0.0701 e. The van der Waals surface area contributed by atoms with Gasteiger partial charge in [0.2, 0.25) is 0 Å². The van der Waals surface area contributed by atoms with Crippen molar-refractivity contribution < 1.29 is 0 Å². The van der Waals surface area contributed by atoms with Crippen LogP contribution in [0, 0.1) is 0 Å². The molecule has 0 heteroatoms. The Balaban J connectivity index is 0.00000102. The lowest BCUT2D eigenvalue weighted by Gasteiger charge is -2.36. The van der Waals surface area contributed by atoms with Gasteiger partial charge >= 0.3 is 0 Å². The van der Waals surface area contributed by atoms with E-state index in [0.29, 0.717) is 0 Å². The number of benzene rings is 4. The summed E-state index contributed by atoms with van der Waals surface area (Å²) in [5.41, 5.74) is 4.78. The van der Waals surface area contributed by atoms with E-state index in [1.165, 1.54) is 22.3 Å². The van der Waals surface area contributed by atoms with Crippen molar-refractivity contribution in [1.82, 2.24) is 0 Å². The van der Waals surface area contributed by atoms with Gasteiger partial charge in [0.05, 0.1) is 5.41 Å². The van der Waals surface area contributed by atoms with E-state index in [1.54, 1.807) is 0 Å². The summed E-state index contributed by atoms with van der Waals surface area (Å²) in [6.45, 7) is 4.00. The molecule has 0 aromatic heterocycles. The zero-order valence-corrected chi connectivity index (χ0v) is 16.0. The quantitative estimate of drug-likeness (QED) is 0.344. The summed E-state index contributed by atoms with van der Waals surface area (Å²) in [7, 11) is 0. The summed E-state index contributed by atoms with van der Waals surface area (Å²) in [4.78, 5) is 0. The summed E-state index contributed by atoms with van der Waals surface area (Å²) < 4.78 is 0. The van der Waals surface area contributed by atoms with Crippen LogP contribution in [0.25, 0.3) is 0 Å². The molecule has 0 fully saturated rings. The molecule has 0 aliphatic heterocycles. The van der Waals surface area contributed by atoms with Crippen molar-refractivity contribution in [3.05, 3.63) is 144 Å². The number of hydrogen-bond donors (Lipinski definition) is 0. The van der Waals surface area contributed by atoms with E-state index in [0.717, 1.165) is 0 Å². The molecule has 0 atom stereocenters. The first kappa shape index (κ1) is 18.7. The highest BCUT2D eigenvalue weighted by Gasteiger charge is 2.37. The fraction of sp³-hybridized carbons (Fsp3) is 0.111. The first-order valence-electron chi connectivity index (χ1n) is 9.64. The van der Waals surface area contributed by atoms with E-state index in [2.05, 4.69) is 121 Å². The summed E-state index contributed by atoms with van der Waals surface area (Å²) >= 11 is 0. The molecule has 0 radical (unpaired) electrons. The van der Waals surface area contributed by atoms with Crippen molar-refractivity contribution in [3.8, 4) is 0 Å². The van der Waals surface area contributed by atoms with Gasteiger partial charge in [0.25, 0.3) is 0 Å². The minimum atomic E-state index is -0.328. The molecule has 0 unspecified atom stereocenters. The average molecular weight is 351 g/mol. The summed E-state index contributed by atoms with van der Waals surface area (Å²) in [6.07, 6.45) is 0. The van der Waals surface area contributed by atoms with Gasteiger partial charge < -0.3 is 0 Å². The maximum Gasteiger partial charge on any atom is 0.0701 e. The maximum absolute atomic E-state index is 2.23. The number of rotatable bonds is 4. The molecule has 0 bridgehead atoms.